The molecule has 5 nitrogen and oxygen atoms in total. The van der Waals surface area contributed by atoms with Crippen LogP contribution in [0.4, 0.5) is 4.79 Å². The first-order valence-electron chi connectivity index (χ1n) is 10.1. The predicted molar refractivity (Wildman–Crippen MR) is 124 cm³/mol. The van der Waals surface area contributed by atoms with E-state index in [0.717, 1.165) is 28.0 Å². The Labute approximate surface area is 189 Å². The highest BCUT2D eigenvalue weighted by atomic mass is 35.5. The standard InChI is InChI=1S/C23H32ClNO4S/c1-9-30-25-20(26)18(17-15(3)10-14(2)11-16(17)4)19(23(25,7)8)29-21(27)28-13-22(5,6)12-24/h10-11H,9,12-13H2,1-8H3. The third kappa shape index (κ3) is 4.97. The summed E-state index contributed by atoms with van der Waals surface area (Å²) in [5, 5.41) is 0. The highest BCUT2D eigenvalue weighted by molar-refractivity contribution is 7.97. The van der Waals surface area contributed by atoms with Crippen molar-refractivity contribution in [2.45, 2.75) is 60.9 Å². The summed E-state index contributed by atoms with van der Waals surface area (Å²) in [5.41, 5.74) is 3.10. The number of hydrogen-bond donors (Lipinski definition) is 0. The Morgan fingerprint density at radius 2 is 1.77 bits per heavy atom. The van der Waals surface area contributed by atoms with E-state index < -0.39 is 11.7 Å². The van der Waals surface area contributed by atoms with Crippen LogP contribution in [0.2, 0.25) is 0 Å². The first-order chi connectivity index (χ1) is 13.9. The molecule has 0 N–H and O–H groups in total. The SMILES string of the molecule is CCSN1C(=O)C(c2c(C)cc(C)cc2C)=C(OC(=O)OCC(C)(C)CCl)C1(C)C. The molecule has 7 heteroatoms. The zero-order chi connectivity index (χ0) is 22.9. The van der Waals surface area contributed by atoms with Crippen molar-refractivity contribution in [1.82, 2.24) is 4.31 Å². The van der Waals surface area contributed by atoms with E-state index in [4.69, 9.17) is 21.1 Å². The molecule has 1 amide bonds. The molecule has 2 rings (SSSR count). The first kappa shape index (κ1) is 24.6. The molecule has 0 aliphatic carbocycles. The molecule has 0 aromatic heterocycles. The molecule has 166 valence electrons. The average molecular weight is 454 g/mol. The van der Waals surface area contributed by atoms with Crippen LogP contribution < -0.4 is 0 Å². The molecule has 0 saturated carbocycles. The van der Waals surface area contributed by atoms with Crippen molar-refractivity contribution < 1.29 is 19.1 Å². The van der Waals surface area contributed by atoms with Crippen LogP contribution in [0.15, 0.2) is 17.9 Å². The van der Waals surface area contributed by atoms with E-state index in [1.54, 1.807) is 4.31 Å². The van der Waals surface area contributed by atoms with E-state index in [0.29, 0.717) is 17.2 Å². The summed E-state index contributed by atoms with van der Waals surface area (Å²) in [5.74, 6) is 1.22. The number of benzene rings is 1. The van der Waals surface area contributed by atoms with Crippen molar-refractivity contribution in [3.05, 3.63) is 40.1 Å². The van der Waals surface area contributed by atoms with Crippen LogP contribution in [0.5, 0.6) is 0 Å². The molecule has 1 aliphatic heterocycles. The second-order valence-electron chi connectivity index (χ2n) is 8.99. The van der Waals surface area contributed by atoms with E-state index >= 15 is 0 Å². The molecule has 0 radical (unpaired) electrons. The predicted octanol–water partition coefficient (Wildman–Crippen LogP) is 6.03. The van der Waals surface area contributed by atoms with Gasteiger partial charge in [0.25, 0.3) is 5.91 Å². The van der Waals surface area contributed by atoms with Crippen molar-refractivity contribution in [2.75, 3.05) is 18.2 Å². The minimum absolute atomic E-state index is 0.127. The molecule has 0 spiro atoms. The highest BCUT2D eigenvalue weighted by Gasteiger charge is 2.49. The zero-order valence-corrected chi connectivity index (χ0v) is 20.7. The molecule has 1 aromatic carbocycles. The van der Waals surface area contributed by atoms with Crippen LogP contribution in [0.3, 0.4) is 0 Å². The Hall–Kier alpha value is -1.66. The van der Waals surface area contributed by atoms with Gasteiger partial charge in [-0.15, -0.1) is 11.6 Å². The quantitative estimate of drug-likeness (QED) is 0.286. The number of halogens is 1. The van der Waals surface area contributed by atoms with Crippen molar-refractivity contribution in [2.24, 2.45) is 5.41 Å². The number of carbonyl (C=O) groups excluding carboxylic acids is 2. The Kier molecular flexibility index (Phi) is 7.57. The van der Waals surface area contributed by atoms with Crippen molar-refractivity contribution in [1.29, 1.82) is 0 Å². The number of alkyl halides is 1. The maximum atomic E-state index is 13.5. The number of amides is 1. The van der Waals surface area contributed by atoms with Crippen LogP contribution in [0.1, 0.15) is 56.9 Å². The fraction of sp³-hybridized carbons (Fsp3) is 0.565. The van der Waals surface area contributed by atoms with E-state index in [9.17, 15) is 9.59 Å². The van der Waals surface area contributed by atoms with Gasteiger partial charge < -0.3 is 9.47 Å². The summed E-state index contributed by atoms with van der Waals surface area (Å²) in [7, 11) is 0. The lowest BCUT2D eigenvalue weighted by Crippen LogP contribution is -2.39. The summed E-state index contributed by atoms with van der Waals surface area (Å²) in [6, 6.07) is 4.06. The topological polar surface area (TPSA) is 55.8 Å². The molecule has 30 heavy (non-hydrogen) atoms. The van der Waals surface area contributed by atoms with Crippen molar-refractivity contribution in [3.8, 4) is 0 Å². The molecular formula is C23H32ClNO4S. The van der Waals surface area contributed by atoms with Gasteiger partial charge >= 0.3 is 6.16 Å². The second kappa shape index (κ2) is 9.23. The number of rotatable bonds is 7. The van der Waals surface area contributed by atoms with Gasteiger partial charge in [0.1, 0.15) is 12.1 Å². The summed E-state index contributed by atoms with van der Waals surface area (Å²) in [4.78, 5) is 26.0. The lowest BCUT2D eigenvalue weighted by atomic mass is 9.91. The van der Waals surface area contributed by atoms with Crippen molar-refractivity contribution >= 4 is 41.2 Å². The average Bonchev–Trinajstić information content (AvgIpc) is 2.81. The zero-order valence-electron chi connectivity index (χ0n) is 19.1. The monoisotopic (exact) mass is 453 g/mol. The minimum Gasteiger partial charge on any atom is -0.433 e. The fourth-order valence-electron chi connectivity index (χ4n) is 3.58. The molecule has 0 saturated heterocycles. The Bertz CT molecular complexity index is 853. The summed E-state index contributed by atoms with van der Waals surface area (Å²) >= 11 is 7.33. The Morgan fingerprint density at radius 3 is 2.27 bits per heavy atom. The number of hydrogen-bond acceptors (Lipinski definition) is 5. The van der Waals surface area contributed by atoms with Gasteiger partial charge in [-0.1, -0.05) is 38.5 Å². The Morgan fingerprint density at radius 1 is 1.20 bits per heavy atom. The van der Waals surface area contributed by atoms with Crippen molar-refractivity contribution in [3.63, 3.8) is 0 Å². The van der Waals surface area contributed by atoms with Gasteiger partial charge in [0.2, 0.25) is 0 Å². The molecule has 1 aliphatic rings. The largest absolute Gasteiger partial charge is 0.513 e. The van der Waals surface area contributed by atoms with Gasteiger partial charge in [0, 0.05) is 17.0 Å². The summed E-state index contributed by atoms with van der Waals surface area (Å²) in [6.45, 7) is 15.6. The molecule has 0 atom stereocenters. The van der Waals surface area contributed by atoms with Crippen LogP contribution >= 0.6 is 23.5 Å². The molecule has 0 fully saturated rings. The third-order valence-corrected chi connectivity index (χ3v) is 6.86. The van der Waals surface area contributed by atoms with Crippen LogP contribution in [-0.4, -0.2) is 40.1 Å². The van der Waals surface area contributed by atoms with E-state index in [1.807, 2.05) is 67.5 Å². The van der Waals surface area contributed by atoms with Crippen LogP contribution in [0, 0.1) is 26.2 Å². The number of carbonyl (C=O) groups is 2. The van der Waals surface area contributed by atoms with Gasteiger partial charge in [0.05, 0.1) is 5.57 Å². The van der Waals surface area contributed by atoms with Crippen LogP contribution in [-0.2, 0) is 14.3 Å². The lowest BCUT2D eigenvalue weighted by molar-refractivity contribution is -0.121. The molecule has 1 aromatic rings. The van der Waals surface area contributed by atoms with E-state index in [1.165, 1.54) is 11.9 Å². The number of nitrogens with zero attached hydrogens (tertiary/aromatic N) is 1. The van der Waals surface area contributed by atoms with Gasteiger partial charge in [-0.2, -0.15) is 0 Å². The maximum absolute atomic E-state index is 13.5. The van der Waals surface area contributed by atoms with Gasteiger partial charge in [-0.25, -0.2) is 4.79 Å². The van der Waals surface area contributed by atoms with E-state index in [-0.39, 0.29) is 17.9 Å². The normalized spacial score (nSPS) is 16.3. The third-order valence-electron chi connectivity index (χ3n) is 5.00. The molecule has 0 bridgehead atoms. The smallest absolute Gasteiger partial charge is 0.433 e. The maximum Gasteiger partial charge on any atom is 0.513 e. The van der Waals surface area contributed by atoms with Gasteiger partial charge in [-0.3, -0.25) is 9.10 Å². The number of ether oxygens (including phenoxy) is 2. The molecule has 1 heterocycles. The highest BCUT2D eigenvalue weighted by Crippen LogP contribution is 2.46. The Balaban J connectivity index is 2.53. The van der Waals surface area contributed by atoms with Gasteiger partial charge in [0.15, 0.2) is 5.76 Å². The molecule has 0 unspecified atom stereocenters. The minimum atomic E-state index is -0.827. The molecular weight excluding hydrogens is 422 g/mol. The lowest BCUT2D eigenvalue weighted by Gasteiger charge is -2.31. The fourth-order valence-corrected chi connectivity index (χ4v) is 4.53. The number of aryl methyl sites for hydroxylation is 3. The van der Waals surface area contributed by atoms with E-state index in [2.05, 4.69) is 0 Å². The first-order valence-corrected chi connectivity index (χ1v) is 11.5. The summed E-state index contributed by atoms with van der Waals surface area (Å²) in [6.07, 6.45) is -0.827. The van der Waals surface area contributed by atoms with Gasteiger partial charge in [-0.05, 0) is 63.3 Å². The van der Waals surface area contributed by atoms with Crippen LogP contribution in [0.25, 0.3) is 5.57 Å². The summed E-state index contributed by atoms with van der Waals surface area (Å²) < 4.78 is 12.7. The second-order valence-corrected chi connectivity index (χ2v) is 10.5.